The number of nitrogens with zero attached hydrogens (tertiary/aromatic N) is 1. The Balaban J connectivity index is 2.93. The maximum atomic E-state index is 13.5. The third kappa shape index (κ3) is 13.3. The number of amides is 5. The molecule has 1 heterocycles. The SMILES string of the molecule is CCC[C@H](NC(=O)[C@@H](NC(=O)c1cc[n+]([O-])cc1)[C@@H](C)CC)C(=O)N[C@H](CN[C@@H](C)C(=O)N[C@@H](C)C(=O)NCC)CC(C)C. The molecule has 44 heavy (non-hydrogen) atoms. The summed E-state index contributed by atoms with van der Waals surface area (Å²) in [7, 11) is 0. The zero-order chi connectivity index (χ0) is 33.4. The number of rotatable bonds is 19. The van der Waals surface area contributed by atoms with Gasteiger partial charge in [-0.1, -0.05) is 47.5 Å². The van der Waals surface area contributed by atoms with Crippen LogP contribution < -0.4 is 36.6 Å². The second kappa shape index (κ2) is 19.5. The van der Waals surface area contributed by atoms with Gasteiger partial charge in [0.1, 0.15) is 18.1 Å². The van der Waals surface area contributed by atoms with Crippen LogP contribution in [0.15, 0.2) is 24.5 Å². The Morgan fingerprint density at radius 1 is 0.795 bits per heavy atom. The van der Waals surface area contributed by atoms with Crippen molar-refractivity contribution in [1.82, 2.24) is 31.9 Å². The molecule has 0 aliphatic heterocycles. The average molecular weight is 620 g/mol. The van der Waals surface area contributed by atoms with Gasteiger partial charge < -0.3 is 37.1 Å². The molecule has 0 unspecified atom stereocenters. The highest BCUT2D eigenvalue weighted by atomic mass is 16.5. The molecule has 1 aromatic heterocycles. The first kappa shape index (κ1) is 38.3. The summed E-state index contributed by atoms with van der Waals surface area (Å²) >= 11 is 0. The molecule has 0 aromatic carbocycles. The summed E-state index contributed by atoms with van der Waals surface area (Å²) in [6, 6.07) is -0.613. The van der Waals surface area contributed by atoms with Crippen molar-refractivity contribution in [2.75, 3.05) is 13.1 Å². The molecule has 0 aliphatic rings. The van der Waals surface area contributed by atoms with Gasteiger partial charge in [0, 0.05) is 31.3 Å². The molecule has 6 N–H and O–H groups in total. The van der Waals surface area contributed by atoms with E-state index in [4.69, 9.17) is 0 Å². The molecule has 0 saturated carbocycles. The standard InChI is InChI=1S/C31H53N7O6/c1-9-12-25(36-31(43)26(20(6)10-2)37-29(41)23-13-15-38(44)16-14-23)30(42)35-24(17-19(4)5)18-33-21(7)28(40)34-22(8)27(39)32-11-3/h13-16,19-22,24-26,33H,9-12,17-18H2,1-8H3,(H,32,39)(H,34,40)(H,35,42)(H,36,43)(H,37,41)/t20-,21-,22-,24-,25-,26-/m0/s1. The number of pyridine rings is 1. The summed E-state index contributed by atoms with van der Waals surface area (Å²) in [5.74, 6) is -1.91. The zero-order valence-electron chi connectivity index (χ0n) is 27.5. The number of hydrogen-bond acceptors (Lipinski definition) is 7. The van der Waals surface area contributed by atoms with Gasteiger partial charge in [-0.3, -0.25) is 24.0 Å². The Hall–Kier alpha value is -3.74. The van der Waals surface area contributed by atoms with E-state index in [-0.39, 0.29) is 41.2 Å². The molecular formula is C31H53N7O6. The van der Waals surface area contributed by atoms with Crippen LogP contribution in [0.1, 0.15) is 91.4 Å². The molecule has 13 heteroatoms. The molecule has 1 rings (SSSR count). The van der Waals surface area contributed by atoms with Crippen molar-refractivity contribution in [1.29, 1.82) is 0 Å². The van der Waals surface area contributed by atoms with Crippen molar-refractivity contribution < 1.29 is 28.7 Å². The Kier molecular flexibility index (Phi) is 17.0. The van der Waals surface area contributed by atoms with Crippen LogP contribution in [0.5, 0.6) is 0 Å². The molecular weight excluding hydrogens is 566 g/mol. The molecule has 5 amide bonds. The molecule has 1 aromatic rings. The second-order valence-corrected chi connectivity index (χ2v) is 11.7. The topological polar surface area (TPSA) is 184 Å². The summed E-state index contributed by atoms with van der Waals surface area (Å²) in [5, 5.41) is 28.5. The molecule has 0 aliphatic carbocycles. The van der Waals surface area contributed by atoms with E-state index in [9.17, 15) is 29.2 Å². The average Bonchev–Trinajstić information content (AvgIpc) is 2.97. The summed E-state index contributed by atoms with van der Waals surface area (Å²) < 4.78 is 0.566. The fraction of sp³-hybridized carbons (Fsp3) is 0.677. The molecule has 248 valence electrons. The van der Waals surface area contributed by atoms with E-state index in [1.165, 1.54) is 24.5 Å². The zero-order valence-corrected chi connectivity index (χ0v) is 27.5. The molecule has 6 atom stereocenters. The molecule has 0 bridgehead atoms. The van der Waals surface area contributed by atoms with Crippen LogP contribution >= 0.6 is 0 Å². The number of hydrogen-bond donors (Lipinski definition) is 6. The van der Waals surface area contributed by atoms with E-state index < -0.39 is 36.0 Å². The lowest BCUT2D eigenvalue weighted by atomic mass is 9.97. The molecule has 0 radical (unpaired) electrons. The minimum atomic E-state index is -0.895. The predicted octanol–water partition coefficient (Wildman–Crippen LogP) is 0.899. The number of carbonyl (C=O) groups is 5. The van der Waals surface area contributed by atoms with Gasteiger partial charge in [0.2, 0.25) is 23.6 Å². The Morgan fingerprint density at radius 2 is 1.43 bits per heavy atom. The van der Waals surface area contributed by atoms with E-state index in [1.807, 2.05) is 34.6 Å². The van der Waals surface area contributed by atoms with Crippen LogP contribution in [-0.4, -0.2) is 72.8 Å². The van der Waals surface area contributed by atoms with Crippen molar-refractivity contribution in [2.45, 2.75) is 111 Å². The van der Waals surface area contributed by atoms with Crippen molar-refractivity contribution in [3.8, 4) is 0 Å². The van der Waals surface area contributed by atoms with Crippen molar-refractivity contribution >= 4 is 29.5 Å². The number of aromatic nitrogens is 1. The van der Waals surface area contributed by atoms with Crippen LogP contribution in [0, 0.1) is 17.0 Å². The third-order valence-corrected chi connectivity index (χ3v) is 7.33. The first-order chi connectivity index (χ1) is 20.7. The Labute approximate surface area is 261 Å². The van der Waals surface area contributed by atoms with Crippen molar-refractivity contribution in [3.05, 3.63) is 35.3 Å². The van der Waals surface area contributed by atoms with E-state index >= 15 is 0 Å². The Bertz CT molecular complexity index is 1080. The minimum Gasteiger partial charge on any atom is -0.619 e. The fourth-order valence-corrected chi connectivity index (χ4v) is 4.52. The van der Waals surface area contributed by atoms with Crippen LogP contribution in [0.3, 0.4) is 0 Å². The first-order valence-electron chi connectivity index (χ1n) is 15.7. The van der Waals surface area contributed by atoms with Gasteiger partial charge in [-0.2, -0.15) is 4.73 Å². The van der Waals surface area contributed by atoms with Crippen molar-refractivity contribution in [3.63, 3.8) is 0 Å². The summed E-state index contributed by atoms with van der Waals surface area (Å²) in [5.41, 5.74) is 0.242. The first-order valence-corrected chi connectivity index (χ1v) is 15.7. The maximum absolute atomic E-state index is 13.5. The molecule has 0 saturated heterocycles. The number of nitrogens with one attached hydrogen (secondary N) is 6. The lowest BCUT2D eigenvalue weighted by molar-refractivity contribution is -0.605. The summed E-state index contributed by atoms with van der Waals surface area (Å²) in [6.45, 7) is 15.6. The van der Waals surface area contributed by atoms with Crippen LogP contribution in [-0.2, 0) is 19.2 Å². The van der Waals surface area contributed by atoms with E-state index in [1.54, 1.807) is 20.8 Å². The lowest BCUT2D eigenvalue weighted by Crippen LogP contribution is -2.58. The fourth-order valence-electron chi connectivity index (χ4n) is 4.52. The summed E-state index contributed by atoms with van der Waals surface area (Å²) in [6.07, 6.45) is 4.66. The van der Waals surface area contributed by atoms with Gasteiger partial charge in [0.05, 0.1) is 11.6 Å². The van der Waals surface area contributed by atoms with Crippen LogP contribution in [0.25, 0.3) is 0 Å². The van der Waals surface area contributed by atoms with Gasteiger partial charge in [0.15, 0.2) is 12.4 Å². The van der Waals surface area contributed by atoms with Crippen LogP contribution in [0.2, 0.25) is 0 Å². The number of likely N-dealkylation sites (N-methyl/N-ethyl adjacent to an activating group) is 1. The van der Waals surface area contributed by atoms with Gasteiger partial charge in [-0.25, -0.2) is 0 Å². The monoisotopic (exact) mass is 619 g/mol. The molecule has 13 nitrogen and oxygen atoms in total. The smallest absolute Gasteiger partial charge is 0.252 e. The van der Waals surface area contributed by atoms with E-state index in [2.05, 4.69) is 31.9 Å². The lowest BCUT2D eigenvalue weighted by Gasteiger charge is -2.28. The van der Waals surface area contributed by atoms with Crippen molar-refractivity contribution in [2.24, 2.45) is 11.8 Å². The van der Waals surface area contributed by atoms with E-state index in [0.29, 0.717) is 43.5 Å². The van der Waals surface area contributed by atoms with Gasteiger partial charge in [-0.05, 0) is 45.4 Å². The van der Waals surface area contributed by atoms with Gasteiger partial charge in [-0.15, -0.1) is 0 Å². The summed E-state index contributed by atoms with van der Waals surface area (Å²) in [4.78, 5) is 64.3. The highest BCUT2D eigenvalue weighted by Crippen LogP contribution is 2.11. The van der Waals surface area contributed by atoms with Crippen LogP contribution in [0.4, 0.5) is 0 Å². The third-order valence-electron chi connectivity index (χ3n) is 7.33. The van der Waals surface area contributed by atoms with E-state index in [0.717, 1.165) is 0 Å². The quantitative estimate of drug-likeness (QED) is 0.0981. The minimum absolute atomic E-state index is 0.223. The normalized spacial score (nSPS) is 15.2. The highest BCUT2D eigenvalue weighted by molar-refractivity contribution is 5.98. The molecule has 0 spiro atoms. The largest absolute Gasteiger partial charge is 0.619 e. The second-order valence-electron chi connectivity index (χ2n) is 11.7. The van der Waals surface area contributed by atoms with Gasteiger partial charge in [0.25, 0.3) is 5.91 Å². The number of carbonyl (C=O) groups excluding carboxylic acids is 5. The van der Waals surface area contributed by atoms with Gasteiger partial charge >= 0.3 is 0 Å². The predicted molar refractivity (Wildman–Crippen MR) is 168 cm³/mol. The Morgan fingerprint density at radius 3 is 1.98 bits per heavy atom. The highest BCUT2D eigenvalue weighted by Gasteiger charge is 2.31. The maximum Gasteiger partial charge on any atom is 0.252 e. The molecule has 0 fully saturated rings.